The van der Waals surface area contributed by atoms with Gasteiger partial charge in [0.05, 0.1) is 18.8 Å². The van der Waals surface area contributed by atoms with Gasteiger partial charge in [0.2, 0.25) is 5.91 Å². The number of nitrogens with zero attached hydrogens (tertiary/aromatic N) is 3. The highest BCUT2D eigenvalue weighted by Gasteiger charge is 2.27. The summed E-state index contributed by atoms with van der Waals surface area (Å²) in [6.45, 7) is 3.95. The van der Waals surface area contributed by atoms with Crippen LogP contribution in [0, 0.1) is 17.1 Å². The normalized spacial score (nSPS) is 16.0. The molecule has 1 N–H and O–H groups in total. The zero-order valence-electron chi connectivity index (χ0n) is 14.3. The van der Waals surface area contributed by atoms with Crippen LogP contribution in [0.5, 0.6) is 0 Å². The first kappa shape index (κ1) is 18.7. The number of hydrogen-bond acceptors (Lipinski definition) is 6. The van der Waals surface area contributed by atoms with Crippen LogP contribution in [-0.2, 0) is 14.3 Å². The second-order valence-corrected chi connectivity index (χ2v) is 5.74. The van der Waals surface area contributed by atoms with Crippen LogP contribution in [0.4, 0.5) is 10.1 Å². The Hall–Kier alpha value is -2.66. The molecule has 1 fully saturated rings. The quantitative estimate of drug-likeness (QED) is 0.780. The fourth-order valence-corrected chi connectivity index (χ4v) is 2.78. The van der Waals surface area contributed by atoms with Crippen molar-refractivity contribution in [2.24, 2.45) is 0 Å². The van der Waals surface area contributed by atoms with Gasteiger partial charge in [0.25, 0.3) is 0 Å². The Bertz CT molecular complexity index is 681. The third-order valence-electron chi connectivity index (χ3n) is 4.32. The van der Waals surface area contributed by atoms with E-state index < -0.39 is 17.8 Å². The van der Waals surface area contributed by atoms with Gasteiger partial charge in [0, 0.05) is 26.2 Å². The van der Waals surface area contributed by atoms with Gasteiger partial charge in [-0.15, -0.1) is 0 Å². The molecule has 0 bridgehead atoms. The Labute approximate surface area is 146 Å². The molecular weight excluding hydrogens is 327 g/mol. The number of nitriles is 1. The molecule has 1 heterocycles. The van der Waals surface area contributed by atoms with Crippen molar-refractivity contribution in [1.82, 2.24) is 10.2 Å². The molecule has 1 aromatic carbocycles. The minimum Gasteiger partial charge on any atom is -0.468 e. The van der Waals surface area contributed by atoms with Crippen LogP contribution in [0.1, 0.15) is 12.5 Å². The molecule has 0 unspecified atom stereocenters. The largest absolute Gasteiger partial charge is 0.468 e. The highest BCUT2D eigenvalue weighted by atomic mass is 19.1. The van der Waals surface area contributed by atoms with Crippen LogP contribution in [0.25, 0.3) is 0 Å². The summed E-state index contributed by atoms with van der Waals surface area (Å²) in [5, 5.41) is 11.7. The number of rotatable bonds is 5. The van der Waals surface area contributed by atoms with Gasteiger partial charge in [-0.25, -0.2) is 4.39 Å². The first-order valence-corrected chi connectivity index (χ1v) is 8.00. The summed E-state index contributed by atoms with van der Waals surface area (Å²) in [6.07, 6.45) is 0. The molecule has 25 heavy (non-hydrogen) atoms. The van der Waals surface area contributed by atoms with E-state index in [1.165, 1.54) is 13.2 Å². The van der Waals surface area contributed by atoms with Crippen LogP contribution < -0.4 is 10.2 Å². The van der Waals surface area contributed by atoms with E-state index in [9.17, 15) is 14.0 Å². The molecule has 1 aromatic rings. The fourth-order valence-electron chi connectivity index (χ4n) is 2.78. The maximum absolute atomic E-state index is 13.7. The third kappa shape index (κ3) is 4.45. The SMILES string of the molecule is COC(=O)CNC(=O)[C@H](C)N1CCN(c2cccc(F)c2C#N)CC1. The molecule has 7 nitrogen and oxygen atoms in total. The average Bonchev–Trinajstić information content (AvgIpc) is 2.65. The number of nitrogens with one attached hydrogen (secondary N) is 1. The molecule has 1 aliphatic heterocycles. The van der Waals surface area contributed by atoms with Crippen molar-refractivity contribution in [3.05, 3.63) is 29.6 Å². The molecule has 8 heteroatoms. The highest BCUT2D eigenvalue weighted by molar-refractivity contribution is 5.85. The van der Waals surface area contributed by atoms with Gasteiger partial charge in [-0.1, -0.05) is 6.07 Å². The molecule has 2 rings (SSSR count). The maximum atomic E-state index is 13.7. The van der Waals surface area contributed by atoms with Crippen molar-refractivity contribution in [1.29, 1.82) is 5.26 Å². The molecule has 1 saturated heterocycles. The highest BCUT2D eigenvalue weighted by Crippen LogP contribution is 2.24. The number of esters is 1. The van der Waals surface area contributed by atoms with E-state index in [0.717, 1.165) is 0 Å². The molecule has 1 atom stereocenters. The lowest BCUT2D eigenvalue weighted by molar-refractivity contribution is -0.141. The Balaban J connectivity index is 1.93. The van der Waals surface area contributed by atoms with E-state index >= 15 is 0 Å². The number of amides is 1. The topological polar surface area (TPSA) is 85.7 Å². The molecule has 1 aliphatic rings. The minimum absolute atomic E-state index is 0.0415. The number of carbonyl (C=O) groups excluding carboxylic acids is 2. The molecule has 0 aromatic heterocycles. The van der Waals surface area contributed by atoms with Crippen LogP contribution in [0.2, 0.25) is 0 Å². The van der Waals surface area contributed by atoms with Crippen molar-refractivity contribution in [2.45, 2.75) is 13.0 Å². The number of carbonyl (C=O) groups is 2. The summed E-state index contributed by atoms with van der Waals surface area (Å²) in [5.41, 5.74) is 0.616. The number of hydrogen-bond donors (Lipinski definition) is 1. The number of methoxy groups -OCH3 is 1. The molecule has 0 radical (unpaired) electrons. The second kappa shape index (κ2) is 8.44. The average molecular weight is 348 g/mol. The molecule has 0 spiro atoms. The maximum Gasteiger partial charge on any atom is 0.325 e. The van der Waals surface area contributed by atoms with E-state index in [2.05, 4.69) is 10.1 Å². The van der Waals surface area contributed by atoms with Crippen LogP contribution in [0.15, 0.2) is 18.2 Å². The lowest BCUT2D eigenvalue weighted by Crippen LogP contribution is -2.54. The van der Waals surface area contributed by atoms with Gasteiger partial charge in [-0.2, -0.15) is 5.26 Å². The number of benzene rings is 1. The van der Waals surface area contributed by atoms with Crippen molar-refractivity contribution in [2.75, 3.05) is 44.7 Å². The fraction of sp³-hybridized carbons (Fsp3) is 0.471. The van der Waals surface area contributed by atoms with Crippen molar-refractivity contribution < 1.29 is 18.7 Å². The van der Waals surface area contributed by atoms with Gasteiger partial charge in [0.15, 0.2) is 0 Å². The van der Waals surface area contributed by atoms with E-state index in [1.54, 1.807) is 19.1 Å². The second-order valence-electron chi connectivity index (χ2n) is 5.74. The van der Waals surface area contributed by atoms with Crippen molar-refractivity contribution >= 4 is 17.6 Å². The summed E-state index contributed by atoms with van der Waals surface area (Å²) in [4.78, 5) is 27.1. The third-order valence-corrected chi connectivity index (χ3v) is 4.32. The van der Waals surface area contributed by atoms with Gasteiger partial charge in [0.1, 0.15) is 24.0 Å². The number of piperazine rings is 1. The van der Waals surface area contributed by atoms with Gasteiger partial charge in [-0.3, -0.25) is 14.5 Å². The molecule has 1 amide bonds. The van der Waals surface area contributed by atoms with E-state index in [1.807, 2.05) is 15.9 Å². The van der Waals surface area contributed by atoms with Gasteiger partial charge >= 0.3 is 5.97 Å². The predicted octanol–water partition coefficient (Wildman–Crippen LogP) is 0.497. The summed E-state index contributed by atoms with van der Waals surface area (Å²) < 4.78 is 18.2. The van der Waals surface area contributed by atoms with Crippen LogP contribution >= 0.6 is 0 Å². The Morgan fingerprint density at radius 2 is 2.04 bits per heavy atom. The Morgan fingerprint density at radius 1 is 1.36 bits per heavy atom. The predicted molar refractivity (Wildman–Crippen MR) is 89.4 cm³/mol. The zero-order valence-corrected chi connectivity index (χ0v) is 14.3. The Kier molecular flexibility index (Phi) is 6.31. The Morgan fingerprint density at radius 3 is 2.64 bits per heavy atom. The summed E-state index contributed by atoms with van der Waals surface area (Å²) in [5.74, 6) is -1.28. The standard InChI is InChI=1S/C17H21FN4O3/c1-12(17(24)20-11-16(23)25-2)21-6-8-22(9-7-21)15-5-3-4-14(18)13(15)10-19/h3-5,12H,6-9,11H2,1-2H3,(H,20,24)/t12-/m0/s1. The molecular formula is C17H21FN4O3. The minimum atomic E-state index is -0.530. The van der Waals surface area contributed by atoms with Crippen LogP contribution in [0.3, 0.4) is 0 Å². The monoisotopic (exact) mass is 348 g/mol. The first-order valence-electron chi connectivity index (χ1n) is 8.00. The van der Waals surface area contributed by atoms with E-state index in [4.69, 9.17) is 5.26 Å². The summed E-state index contributed by atoms with van der Waals surface area (Å²) in [6, 6.07) is 6.09. The first-order chi connectivity index (χ1) is 12.0. The van der Waals surface area contributed by atoms with E-state index in [-0.39, 0.29) is 18.0 Å². The lowest BCUT2D eigenvalue weighted by atomic mass is 10.1. The van der Waals surface area contributed by atoms with Crippen molar-refractivity contribution in [3.63, 3.8) is 0 Å². The number of halogens is 1. The summed E-state index contributed by atoms with van der Waals surface area (Å²) >= 11 is 0. The van der Waals surface area contributed by atoms with Gasteiger partial charge < -0.3 is 15.0 Å². The number of ether oxygens (including phenoxy) is 1. The number of anilines is 1. The van der Waals surface area contributed by atoms with E-state index in [0.29, 0.717) is 31.9 Å². The molecule has 0 aliphatic carbocycles. The zero-order chi connectivity index (χ0) is 18.4. The smallest absolute Gasteiger partial charge is 0.325 e. The lowest BCUT2D eigenvalue weighted by Gasteiger charge is -2.38. The summed E-state index contributed by atoms with van der Waals surface area (Å²) in [7, 11) is 1.26. The molecule has 134 valence electrons. The van der Waals surface area contributed by atoms with Gasteiger partial charge in [-0.05, 0) is 19.1 Å². The van der Waals surface area contributed by atoms with Crippen LogP contribution in [-0.4, -0.2) is 62.7 Å². The molecule has 0 saturated carbocycles. The van der Waals surface area contributed by atoms with Crippen molar-refractivity contribution in [3.8, 4) is 6.07 Å².